The molecule has 0 aliphatic rings. The minimum atomic E-state index is -4.67. The van der Waals surface area contributed by atoms with Crippen molar-refractivity contribution in [2.24, 2.45) is 0 Å². The minimum absolute atomic E-state index is 0. The first-order valence-corrected chi connectivity index (χ1v) is 2.75. The standard InChI is InChI=1S/CH2O3.H2O4S.Sr.2H/c2-1(3)4;1-5(2,3)4;;;/h(H2,2,3,4);(H2,1,2,3,4);;;/q;;+2;2*-1. The van der Waals surface area contributed by atoms with Gasteiger partial charge in [0, 0.05) is 0 Å². The van der Waals surface area contributed by atoms with Gasteiger partial charge < -0.3 is 13.1 Å². The maximum Gasteiger partial charge on any atom is 2.00 e. The van der Waals surface area contributed by atoms with Crippen LogP contribution in [-0.4, -0.2) is 79.4 Å². The van der Waals surface area contributed by atoms with Gasteiger partial charge >= 0.3 is 62.0 Å². The third-order valence-electron chi connectivity index (χ3n) is 0. The molecule has 4 N–H and O–H groups in total. The molecule has 0 aliphatic heterocycles. The zero-order chi connectivity index (χ0) is 8.08. The van der Waals surface area contributed by atoms with Crippen molar-refractivity contribution < 1.29 is 35.4 Å². The van der Waals surface area contributed by atoms with E-state index < -0.39 is 16.6 Å². The summed E-state index contributed by atoms with van der Waals surface area (Å²) in [6.07, 6.45) is -1.83. The first-order chi connectivity index (χ1) is 3.73. The van der Waals surface area contributed by atoms with E-state index in [0.29, 0.717) is 0 Å². The first-order valence-electron chi connectivity index (χ1n) is 1.35. The first kappa shape index (κ1) is 16.9. The molecule has 10 heavy (non-hydrogen) atoms. The molecule has 0 aromatic carbocycles. The Morgan fingerprint density at radius 3 is 1.20 bits per heavy atom. The van der Waals surface area contributed by atoms with Crippen molar-refractivity contribution in [3.8, 4) is 0 Å². The van der Waals surface area contributed by atoms with Gasteiger partial charge in [0.2, 0.25) is 0 Å². The van der Waals surface area contributed by atoms with Crippen LogP contribution in [0.5, 0.6) is 0 Å². The van der Waals surface area contributed by atoms with Crippen LogP contribution in [0.3, 0.4) is 0 Å². The van der Waals surface area contributed by atoms with Gasteiger partial charge in [-0.05, 0) is 0 Å². The largest absolute Gasteiger partial charge is 2.00 e. The number of hydrogen-bond acceptors (Lipinski definition) is 3. The third kappa shape index (κ3) is 1300. The Balaban J connectivity index is -0.0000000221. The zero-order valence-corrected chi connectivity index (χ0v) is 8.92. The number of hydrogen-bond donors (Lipinski definition) is 4. The van der Waals surface area contributed by atoms with Crippen molar-refractivity contribution >= 4 is 62.0 Å². The molecule has 0 heterocycles. The summed E-state index contributed by atoms with van der Waals surface area (Å²) in [6.45, 7) is 0. The average Bonchev–Trinajstić information content (AvgIpc) is 1.19. The molecule has 0 aromatic rings. The van der Waals surface area contributed by atoms with Gasteiger partial charge in [0.15, 0.2) is 0 Å². The Labute approximate surface area is 96.5 Å². The summed E-state index contributed by atoms with van der Waals surface area (Å²) >= 11 is 0. The summed E-state index contributed by atoms with van der Waals surface area (Å²) in [5.41, 5.74) is 0. The van der Waals surface area contributed by atoms with Crippen molar-refractivity contribution in [3.05, 3.63) is 0 Å². The molecule has 0 bridgehead atoms. The average molecular weight is 250 g/mol. The fraction of sp³-hybridized carbons (Fsp3) is 0. The van der Waals surface area contributed by atoms with Gasteiger partial charge in [-0.2, -0.15) is 8.42 Å². The maximum absolute atomic E-state index is 8.74. The molecule has 0 spiro atoms. The quantitative estimate of drug-likeness (QED) is 0.333. The van der Waals surface area contributed by atoms with Gasteiger partial charge in [-0.3, -0.25) is 9.11 Å². The zero-order valence-electron chi connectivity index (χ0n) is 6.63. The normalized spacial score (nSPS) is 8.20. The van der Waals surface area contributed by atoms with Crippen LogP contribution < -0.4 is 0 Å². The number of rotatable bonds is 0. The molecular formula is CH6O7SSr. The van der Waals surface area contributed by atoms with E-state index in [9.17, 15) is 0 Å². The number of carbonyl (C=O) groups is 1. The summed E-state index contributed by atoms with van der Waals surface area (Å²) in [4.78, 5) is 8.56. The molecule has 7 nitrogen and oxygen atoms in total. The molecule has 0 saturated heterocycles. The van der Waals surface area contributed by atoms with E-state index in [1.807, 2.05) is 0 Å². The molecule has 0 fully saturated rings. The Bertz CT molecular complexity index is 164. The molecule has 0 radical (unpaired) electrons. The van der Waals surface area contributed by atoms with Crippen LogP contribution in [0.15, 0.2) is 0 Å². The fourth-order valence-electron chi connectivity index (χ4n) is 0. The molecule has 0 aromatic heterocycles. The van der Waals surface area contributed by atoms with Gasteiger partial charge in [-0.25, -0.2) is 4.79 Å². The van der Waals surface area contributed by atoms with E-state index in [1.165, 1.54) is 0 Å². The Kier molecular flexibility index (Phi) is 13.1. The molecule has 0 atom stereocenters. The van der Waals surface area contributed by atoms with E-state index in [4.69, 9.17) is 32.5 Å². The predicted molar refractivity (Wildman–Crippen MR) is 32.8 cm³/mol. The summed E-state index contributed by atoms with van der Waals surface area (Å²) < 4.78 is 31.6. The van der Waals surface area contributed by atoms with Crippen molar-refractivity contribution in [2.45, 2.75) is 0 Å². The molecule has 0 amide bonds. The van der Waals surface area contributed by atoms with Gasteiger partial charge in [-0.1, -0.05) is 0 Å². The van der Waals surface area contributed by atoms with Gasteiger partial charge in [0.05, 0.1) is 0 Å². The van der Waals surface area contributed by atoms with Crippen LogP contribution in [0.2, 0.25) is 0 Å². The SMILES string of the molecule is O=C(O)O.O=S(=O)(O)O.[H-].[H-].[Sr+2]. The molecule has 0 rings (SSSR count). The summed E-state index contributed by atoms with van der Waals surface area (Å²) in [7, 11) is -4.67. The third-order valence-corrected chi connectivity index (χ3v) is 0. The summed E-state index contributed by atoms with van der Waals surface area (Å²) in [6, 6.07) is 0. The second kappa shape index (κ2) is 7.72. The van der Waals surface area contributed by atoms with E-state index >= 15 is 0 Å². The second-order valence-electron chi connectivity index (χ2n) is 0.730. The van der Waals surface area contributed by atoms with E-state index in [1.54, 1.807) is 0 Å². The van der Waals surface area contributed by atoms with Crippen LogP contribution in [0, 0.1) is 0 Å². The van der Waals surface area contributed by atoms with Crippen molar-refractivity contribution in [2.75, 3.05) is 0 Å². The van der Waals surface area contributed by atoms with Crippen LogP contribution in [0.1, 0.15) is 2.85 Å². The Morgan fingerprint density at radius 1 is 1.20 bits per heavy atom. The summed E-state index contributed by atoms with van der Waals surface area (Å²) in [5.74, 6) is 0. The molecule has 0 saturated carbocycles. The predicted octanol–water partition coefficient (Wildman–Crippen LogP) is -0.586. The minimum Gasteiger partial charge on any atom is -1.00 e. The second-order valence-corrected chi connectivity index (χ2v) is 1.63. The Hall–Kier alpha value is 0.621. The molecule has 0 unspecified atom stereocenters. The monoisotopic (exact) mass is 250 g/mol. The summed E-state index contributed by atoms with van der Waals surface area (Å²) in [5, 5.41) is 13.9. The molecule has 0 aliphatic carbocycles. The van der Waals surface area contributed by atoms with Crippen molar-refractivity contribution in [1.29, 1.82) is 0 Å². The molecule has 9 heteroatoms. The van der Waals surface area contributed by atoms with Gasteiger partial charge in [-0.15, -0.1) is 0 Å². The van der Waals surface area contributed by atoms with Gasteiger partial charge in [0.1, 0.15) is 0 Å². The smallest absolute Gasteiger partial charge is 1.00 e. The van der Waals surface area contributed by atoms with Crippen LogP contribution in [0.25, 0.3) is 0 Å². The fourth-order valence-corrected chi connectivity index (χ4v) is 0. The van der Waals surface area contributed by atoms with Crippen molar-refractivity contribution in [3.63, 3.8) is 0 Å². The molecule has 60 valence electrons. The van der Waals surface area contributed by atoms with Crippen LogP contribution >= 0.6 is 0 Å². The topological polar surface area (TPSA) is 132 Å². The van der Waals surface area contributed by atoms with E-state index in [-0.39, 0.29) is 48.3 Å². The number of carboxylic acid groups (broad SMARTS) is 2. The van der Waals surface area contributed by atoms with Gasteiger partial charge in [0.25, 0.3) is 0 Å². The van der Waals surface area contributed by atoms with Crippen LogP contribution in [0.4, 0.5) is 4.79 Å². The maximum atomic E-state index is 8.74. The van der Waals surface area contributed by atoms with Crippen molar-refractivity contribution in [1.82, 2.24) is 0 Å². The van der Waals surface area contributed by atoms with E-state index in [0.717, 1.165) is 0 Å². The molecular weight excluding hydrogens is 244 g/mol. The van der Waals surface area contributed by atoms with Crippen LogP contribution in [-0.2, 0) is 10.4 Å². The Morgan fingerprint density at radius 2 is 1.20 bits per heavy atom. The van der Waals surface area contributed by atoms with E-state index in [2.05, 4.69) is 0 Å².